The number of carbonyl (C=O) groups is 2. The van der Waals surface area contributed by atoms with Crippen molar-refractivity contribution >= 4 is 11.9 Å². The van der Waals surface area contributed by atoms with Crippen molar-refractivity contribution in [3.05, 3.63) is 0 Å². The zero-order valence-corrected chi connectivity index (χ0v) is 11.6. The van der Waals surface area contributed by atoms with Gasteiger partial charge in [0.25, 0.3) is 0 Å². The molecule has 18 heavy (non-hydrogen) atoms. The summed E-state index contributed by atoms with van der Waals surface area (Å²) in [4.78, 5) is 22.8. The molecule has 0 aliphatic rings. The van der Waals surface area contributed by atoms with Gasteiger partial charge in [0, 0.05) is 13.1 Å². The Morgan fingerprint density at radius 1 is 1.28 bits per heavy atom. The Hall–Kier alpha value is -1.10. The van der Waals surface area contributed by atoms with Gasteiger partial charge in [0.1, 0.15) is 0 Å². The van der Waals surface area contributed by atoms with Crippen molar-refractivity contribution < 1.29 is 14.7 Å². The molecule has 0 aromatic heterocycles. The molecule has 0 radical (unpaired) electrons. The van der Waals surface area contributed by atoms with Crippen molar-refractivity contribution in [2.75, 3.05) is 13.1 Å². The summed E-state index contributed by atoms with van der Waals surface area (Å²) < 4.78 is 0. The van der Waals surface area contributed by atoms with E-state index in [9.17, 15) is 9.59 Å². The number of nitrogens with two attached hydrogens (primary N) is 1. The Morgan fingerprint density at radius 3 is 2.28 bits per heavy atom. The number of carbonyl (C=O) groups excluding carboxylic acids is 1. The maximum absolute atomic E-state index is 11.9. The normalized spacial score (nSPS) is 14.3. The summed E-state index contributed by atoms with van der Waals surface area (Å²) in [6.07, 6.45) is 2.10. The molecule has 0 saturated heterocycles. The van der Waals surface area contributed by atoms with Crippen LogP contribution >= 0.6 is 0 Å². The highest BCUT2D eigenvalue weighted by atomic mass is 16.4. The van der Waals surface area contributed by atoms with E-state index < -0.39 is 11.9 Å². The van der Waals surface area contributed by atoms with Crippen molar-refractivity contribution in [2.45, 2.75) is 40.0 Å². The van der Waals surface area contributed by atoms with Gasteiger partial charge < -0.3 is 16.2 Å². The molecule has 0 aromatic carbocycles. The van der Waals surface area contributed by atoms with Gasteiger partial charge in [0.15, 0.2) is 0 Å². The molecule has 0 bridgehead atoms. The van der Waals surface area contributed by atoms with Crippen LogP contribution < -0.4 is 11.1 Å². The largest absolute Gasteiger partial charge is 0.481 e. The third-order valence-corrected chi connectivity index (χ3v) is 2.92. The number of carboxylic acids is 1. The van der Waals surface area contributed by atoms with Gasteiger partial charge in [-0.3, -0.25) is 9.59 Å². The monoisotopic (exact) mass is 258 g/mol. The van der Waals surface area contributed by atoms with E-state index in [0.29, 0.717) is 18.9 Å². The third-order valence-electron chi connectivity index (χ3n) is 2.92. The van der Waals surface area contributed by atoms with Crippen LogP contribution in [-0.2, 0) is 9.59 Å². The van der Waals surface area contributed by atoms with Crippen LogP contribution in [-0.4, -0.2) is 30.1 Å². The molecular weight excluding hydrogens is 232 g/mol. The smallest absolute Gasteiger partial charge is 0.308 e. The van der Waals surface area contributed by atoms with Crippen LogP contribution in [0.5, 0.6) is 0 Å². The summed E-state index contributed by atoms with van der Waals surface area (Å²) >= 11 is 0. The van der Waals surface area contributed by atoms with Gasteiger partial charge in [0.2, 0.25) is 5.91 Å². The molecule has 0 spiro atoms. The molecular formula is C13H26N2O3. The summed E-state index contributed by atoms with van der Waals surface area (Å²) in [5, 5.41) is 11.7. The van der Waals surface area contributed by atoms with E-state index in [0.717, 1.165) is 12.8 Å². The van der Waals surface area contributed by atoms with Gasteiger partial charge in [-0.1, -0.05) is 27.2 Å². The quantitative estimate of drug-likeness (QED) is 0.580. The van der Waals surface area contributed by atoms with Crippen LogP contribution in [0.15, 0.2) is 0 Å². The molecule has 5 nitrogen and oxygen atoms in total. The first-order chi connectivity index (χ1) is 8.42. The average Bonchev–Trinajstić information content (AvgIpc) is 2.30. The Balaban J connectivity index is 4.23. The highest BCUT2D eigenvalue weighted by molar-refractivity contribution is 5.79. The van der Waals surface area contributed by atoms with E-state index in [4.69, 9.17) is 10.8 Å². The second-order valence-electron chi connectivity index (χ2n) is 5.13. The van der Waals surface area contributed by atoms with Gasteiger partial charge in [-0.15, -0.1) is 0 Å². The summed E-state index contributed by atoms with van der Waals surface area (Å²) in [5.74, 6) is -1.31. The molecule has 0 heterocycles. The van der Waals surface area contributed by atoms with Gasteiger partial charge in [-0.25, -0.2) is 0 Å². The van der Waals surface area contributed by atoms with Crippen LogP contribution in [0.2, 0.25) is 0 Å². The van der Waals surface area contributed by atoms with Crippen molar-refractivity contribution in [3.8, 4) is 0 Å². The molecule has 0 aliphatic carbocycles. The second kappa shape index (κ2) is 8.91. The molecule has 106 valence electrons. The van der Waals surface area contributed by atoms with Crippen molar-refractivity contribution in [2.24, 2.45) is 23.5 Å². The fourth-order valence-electron chi connectivity index (χ4n) is 1.91. The Kier molecular flexibility index (Phi) is 8.37. The number of hydrogen-bond acceptors (Lipinski definition) is 3. The molecule has 2 atom stereocenters. The van der Waals surface area contributed by atoms with Crippen LogP contribution in [0.1, 0.15) is 40.0 Å². The third kappa shape index (κ3) is 6.59. The fraction of sp³-hybridized carbons (Fsp3) is 0.846. The van der Waals surface area contributed by atoms with E-state index in [1.807, 2.05) is 20.8 Å². The predicted molar refractivity (Wildman–Crippen MR) is 71.0 cm³/mol. The number of aliphatic carboxylic acids is 1. The fourth-order valence-corrected chi connectivity index (χ4v) is 1.91. The maximum atomic E-state index is 11.9. The number of carboxylic acid groups (broad SMARTS) is 1. The topological polar surface area (TPSA) is 92.4 Å². The van der Waals surface area contributed by atoms with Gasteiger partial charge in [-0.05, 0) is 18.8 Å². The Morgan fingerprint density at radius 2 is 1.89 bits per heavy atom. The zero-order valence-electron chi connectivity index (χ0n) is 11.6. The Labute approximate surface area is 109 Å². The molecule has 0 fully saturated rings. The molecule has 2 unspecified atom stereocenters. The highest BCUT2D eigenvalue weighted by Gasteiger charge is 2.21. The van der Waals surface area contributed by atoms with Crippen LogP contribution in [0, 0.1) is 17.8 Å². The standard InChI is InChI=1S/C13H26N2O3/c1-4-5-10(13(17)18)8-15-12(16)11(7-14)6-9(2)3/h9-11H,4-8,14H2,1-3H3,(H,15,16)(H,17,18). The summed E-state index contributed by atoms with van der Waals surface area (Å²) in [6, 6.07) is 0. The van der Waals surface area contributed by atoms with Gasteiger partial charge in [0.05, 0.1) is 11.8 Å². The second-order valence-corrected chi connectivity index (χ2v) is 5.13. The maximum Gasteiger partial charge on any atom is 0.308 e. The SMILES string of the molecule is CCCC(CNC(=O)C(CN)CC(C)C)C(=O)O. The number of nitrogens with one attached hydrogen (secondary N) is 1. The van der Waals surface area contributed by atoms with Gasteiger partial charge in [-0.2, -0.15) is 0 Å². The summed E-state index contributed by atoms with van der Waals surface area (Å²) in [6.45, 7) is 6.49. The summed E-state index contributed by atoms with van der Waals surface area (Å²) in [7, 11) is 0. The number of amides is 1. The van der Waals surface area contributed by atoms with Crippen LogP contribution in [0.4, 0.5) is 0 Å². The van der Waals surface area contributed by atoms with E-state index in [2.05, 4.69) is 5.32 Å². The minimum Gasteiger partial charge on any atom is -0.481 e. The van der Waals surface area contributed by atoms with Gasteiger partial charge >= 0.3 is 5.97 Å². The van der Waals surface area contributed by atoms with Crippen LogP contribution in [0.3, 0.4) is 0 Å². The molecule has 1 amide bonds. The highest BCUT2D eigenvalue weighted by Crippen LogP contribution is 2.11. The first-order valence-corrected chi connectivity index (χ1v) is 6.62. The lowest BCUT2D eigenvalue weighted by atomic mass is 9.96. The lowest BCUT2D eigenvalue weighted by Gasteiger charge is -2.18. The number of rotatable bonds is 9. The molecule has 0 aromatic rings. The minimum absolute atomic E-state index is 0.131. The van der Waals surface area contributed by atoms with Crippen molar-refractivity contribution in [1.82, 2.24) is 5.32 Å². The first kappa shape index (κ1) is 16.9. The predicted octanol–water partition coefficient (Wildman–Crippen LogP) is 1.22. The molecule has 0 rings (SSSR count). The summed E-state index contributed by atoms with van der Waals surface area (Å²) in [5.41, 5.74) is 5.57. The van der Waals surface area contributed by atoms with Crippen molar-refractivity contribution in [1.29, 1.82) is 0 Å². The zero-order chi connectivity index (χ0) is 14.1. The molecule has 4 N–H and O–H groups in total. The first-order valence-electron chi connectivity index (χ1n) is 6.62. The van der Waals surface area contributed by atoms with E-state index in [-0.39, 0.29) is 18.4 Å². The number of hydrogen-bond donors (Lipinski definition) is 3. The van der Waals surface area contributed by atoms with E-state index in [1.165, 1.54) is 0 Å². The van der Waals surface area contributed by atoms with E-state index >= 15 is 0 Å². The van der Waals surface area contributed by atoms with E-state index in [1.54, 1.807) is 0 Å². The average molecular weight is 258 g/mol. The molecule has 0 aliphatic heterocycles. The molecule has 5 heteroatoms. The lowest BCUT2D eigenvalue weighted by Crippen LogP contribution is -2.39. The Bertz CT molecular complexity index is 267. The van der Waals surface area contributed by atoms with Crippen LogP contribution in [0.25, 0.3) is 0 Å². The lowest BCUT2D eigenvalue weighted by molar-refractivity contribution is -0.142. The minimum atomic E-state index is -0.856. The molecule has 0 saturated carbocycles. The van der Waals surface area contributed by atoms with Crippen molar-refractivity contribution in [3.63, 3.8) is 0 Å².